The van der Waals surface area contributed by atoms with E-state index in [0.29, 0.717) is 0 Å². The summed E-state index contributed by atoms with van der Waals surface area (Å²) in [5.74, 6) is -2.98. The lowest BCUT2D eigenvalue weighted by atomic mass is 9.72. The normalized spacial score (nSPS) is 20.6. The second kappa shape index (κ2) is 8.71. The number of rotatable bonds is 4. The predicted molar refractivity (Wildman–Crippen MR) is 129 cm³/mol. The lowest BCUT2D eigenvalue weighted by Gasteiger charge is -2.42. The number of carbonyl (C=O) groups is 4. The van der Waals surface area contributed by atoms with Gasteiger partial charge in [-0.2, -0.15) is 0 Å². The lowest BCUT2D eigenvalue weighted by molar-refractivity contribution is -0.160. The molecule has 0 heterocycles. The molecule has 2 aliphatic rings. The van der Waals surface area contributed by atoms with Gasteiger partial charge in [0.25, 0.3) is 0 Å². The summed E-state index contributed by atoms with van der Waals surface area (Å²) in [6.07, 6.45) is 0.609. The van der Waals surface area contributed by atoms with E-state index in [1.165, 1.54) is 32.1 Å². The van der Waals surface area contributed by atoms with Gasteiger partial charge in [0.05, 0.1) is 22.8 Å². The number of phenolic OH excluding ortho intramolecular Hbond substituents is 1. The standard InChI is InChI=1S/C28H28O8/c1-7-28(35-15(3)30)12-18-20(19(13-28)36-27(4,5)6)26(34-14(2)29)22-21(25(18)33)23(31)16-10-8-9-11-17(16)24(22)32/h7-11,19,33H,1,12-13H2,2-6H3/t19-,28-/m0/s1. The Morgan fingerprint density at radius 2 is 1.64 bits per heavy atom. The SMILES string of the molecule is C=C[C@]1(OC(C)=O)Cc2c(O)c3c(c(OC(C)=O)c2[C@@H](OC(C)(C)C)C1)C(=O)c1ccccc1C3=O. The van der Waals surface area contributed by atoms with Gasteiger partial charge in [0, 0.05) is 48.9 Å². The number of hydrogen-bond donors (Lipinski definition) is 1. The summed E-state index contributed by atoms with van der Waals surface area (Å²) in [4.78, 5) is 51.4. The summed E-state index contributed by atoms with van der Waals surface area (Å²) in [7, 11) is 0. The maximum atomic E-state index is 13.6. The van der Waals surface area contributed by atoms with Gasteiger partial charge >= 0.3 is 11.9 Å². The molecule has 1 N–H and O–H groups in total. The highest BCUT2D eigenvalue weighted by atomic mass is 16.6. The average molecular weight is 493 g/mol. The fraction of sp³-hybridized carbons (Fsp3) is 0.357. The summed E-state index contributed by atoms with van der Waals surface area (Å²) < 4.78 is 17.5. The van der Waals surface area contributed by atoms with Crippen molar-refractivity contribution in [2.45, 2.75) is 64.8 Å². The van der Waals surface area contributed by atoms with E-state index in [1.54, 1.807) is 12.1 Å². The molecule has 0 aliphatic heterocycles. The van der Waals surface area contributed by atoms with Crippen molar-refractivity contribution in [3.8, 4) is 11.5 Å². The summed E-state index contributed by atoms with van der Waals surface area (Å²) in [6, 6.07) is 6.26. The molecular formula is C28H28O8. The highest BCUT2D eigenvalue weighted by Crippen LogP contribution is 2.53. The van der Waals surface area contributed by atoms with E-state index in [9.17, 15) is 24.3 Å². The highest BCUT2D eigenvalue weighted by Gasteiger charge is 2.48. The first-order valence-electron chi connectivity index (χ1n) is 11.6. The number of ketones is 2. The van der Waals surface area contributed by atoms with Crippen molar-refractivity contribution in [3.05, 3.63) is 70.3 Å². The molecule has 0 radical (unpaired) electrons. The van der Waals surface area contributed by atoms with Gasteiger partial charge in [-0.3, -0.25) is 19.2 Å². The minimum absolute atomic E-state index is 0.0636. The Balaban J connectivity index is 2.09. The molecule has 0 spiro atoms. The van der Waals surface area contributed by atoms with Gasteiger partial charge in [-0.1, -0.05) is 30.8 Å². The van der Waals surface area contributed by atoms with Crippen LogP contribution in [0.15, 0.2) is 36.9 Å². The van der Waals surface area contributed by atoms with E-state index in [0.717, 1.165) is 0 Å². The molecule has 36 heavy (non-hydrogen) atoms. The van der Waals surface area contributed by atoms with Gasteiger partial charge in [0.15, 0.2) is 11.6 Å². The fourth-order valence-corrected chi connectivity index (χ4v) is 5.01. The molecule has 8 heteroatoms. The Morgan fingerprint density at radius 1 is 1.06 bits per heavy atom. The lowest BCUT2D eigenvalue weighted by Crippen LogP contribution is -2.42. The molecule has 4 rings (SSSR count). The molecule has 2 aliphatic carbocycles. The molecular weight excluding hydrogens is 464 g/mol. The van der Waals surface area contributed by atoms with E-state index in [1.807, 2.05) is 20.8 Å². The summed E-state index contributed by atoms with van der Waals surface area (Å²) >= 11 is 0. The second-order valence-corrected chi connectivity index (χ2v) is 10.1. The van der Waals surface area contributed by atoms with Gasteiger partial charge in [-0.25, -0.2) is 0 Å². The Hall–Kier alpha value is -3.78. The van der Waals surface area contributed by atoms with Crippen LogP contribution in [0.25, 0.3) is 0 Å². The molecule has 188 valence electrons. The van der Waals surface area contributed by atoms with Crippen molar-refractivity contribution in [1.82, 2.24) is 0 Å². The second-order valence-electron chi connectivity index (χ2n) is 10.1. The average Bonchev–Trinajstić information content (AvgIpc) is 2.77. The molecule has 0 saturated heterocycles. The van der Waals surface area contributed by atoms with E-state index in [2.05, 4.69) is 6.58 Å². The maximum Gasteiger partial charge on any atom is 0.308 e. The molecule has 2 atom stereocenters. The molecule has 8 nitrogen and oxygen atoms in total. The van der Waals surface area contributed by atoms with Gasteiger partial charge in [-0.15, -0.1) is 0 Å². The van der Waals surface area contributed by atoms with Crippen molar-refractivity contribution >= 4 is 23.5 Å². The van der Waals surface area contributed by atoms with Crippen LogP contribution < -0.4 is 4.74 Å². The van der Waals surface area contributed by atoms with Crippen molar-refractivity contribution in [2.75, 3.05) is 0 Å². The van der Waals surface area contributed by atoms with Crippen molar-refractivity contribution in [1.29, 1.82) is 0 Å². The fourth-order valence-electron chi connectivity index (χ4n) is 5.01. The molecule has 0 aromatic heterocycles. The molecule has 0 unspecified atom stereocenters. The topological polar surface area (TPSA) is 116 Å². The Bertz CT molecular complexity index is 1330. The third-order valence-electron chi connectivity index (χ3n) is 6.23. The molecule has 0 bridgehead atoms. The van der Waals surface area contributed by atoms with Crippen LogP contribution in [0.5, 0.6) is 11.5 Å². The van der Waals surface area contributed by atoms with Crippen LogP contribution in [0, 0.1) is 0 Å². The van der Waals surface area contributed by atoms with Crippen molar-refractivity contribution in [2.24, 2.45) is 0 Å². The van der Waals surface area contributed by atoms with Crippen molar-refractivity contribution < 1.29 is 38.5 Å². The monoisotopic (exact) mass is 492 g/mol. The minimum atomic E-state index is -1.27. The number of ether oxygens (including phenoxy) is 3. The van der Waals surface area contributed by atoms with Gasteiger partial charge in [0.1, 0.15) is 17.1 Å². The van der Waals surface area contributed by atoms with Gasteiger partial charge in [0.2, 0.25) is 0 Å². The predicted octanol–water partition coefficient (Wildman–Crippen LogP) is 4.38. The van der Waals surface area contributed by atoms with E-state index in [-0.39, 0.29) is 52.0 Å². The number of aromatic hydroxyl groups is 1. The largest absolute Gasteiger partial charge is 0.507 e. The number of esters is 2. The molecule has 0 fully saturated rings. The van der Waals surface area contributed by atoms with Crippen molar-refractivity contribution in [3.63, 3.8) is 0 Å². The summed E-state index contributed by atoms with van der Waals surface area (Å²) in [5, 5.41) is 11.5. The van der Waals surface area contributed by atoms with Gasteiger partial charge in [-0.05, 0) is 26.8 Å². The molecule has 2 aromatic carbocycles. The first-order chi connectivity index (χ1) is 16.8. The van der Waals surface area contributed by atoms with Crippen LogP contribution in [-0.2, 0) is 25.5 Å². The van der Waals surface area contributed by atoms with Crippen LogP contribution in [0.3, 0.4) is 0 Å². The quantitative estimate of drug-likeness (QED) is 0.324. The Labute approximate surface area is 208 Å². The zero-order chi connectivity index (χ0) is 26.6. The molecule has 0 amide bonds. The van der Waals surface area contributed by atoms with Gasteiger partial charge < -0.3 is 19.3 Å². The van der Waals surface area contributed by atoms with Crippen LogP contribution in [-0.4, -0.2) is 39.8 Å². The van der Waals surface area contributed by atoms with E-state index in [4.69, 9.17) is 14.2 Å². The maximum absolute atomic E-state index is 13.6. The number of benzene rings is 2. The smallest absolute Gasteiger partial charge is 0.308 e. The highest BCUT2D eigenvalue weighted by molar-refractivity contribution is 6.30. The first kappa shape index (κ1) is 25.3. The van der Waals surface area contributed by atoms with Crippen LogP contribution >= 0.6 is 0 Å². The van der Waals surface area contributed by atoms with E-state index < -0.39 is 46.6 Å². The number of phenols is 1. The Kier molecular flexibility index (Phi) is 6.12. The summed E-state index contributed by atoms with van der Waals surface area (Å²) in [6.45, 7) is 11.7. The third-order valence-corrected chi connectivity index (χ3v) is 6.23. The summed E-state index contributed by atoms with van der Waals surface area (Å²) in [5.41, 5.74) is -1.70. The van der Waals surface area contributed by atoms with Crippen LogP contribution in [0.2, 0.25) is 0 Å². The minimum Gasteiger partial charge on any atom is -0.507 e. The number of fused-ring (bicyclic) bond motifs is 3. The number of hydrogen-bond acceptors (Lipinski definition) is 8. The van der Waals surface area contributed by atoms with Crippen LogP contribution in [0.4, 0.5) is 0 Å². The number of carbonyl (C=O) groups excluding carboxylic acids is 4. The first-order valence-corrected chi connectivity index (χ1v) is 11.6. The zero-order valence-corrected chi connectivity index (χ0v) is 20.9. The molecule has 0 saturated carbocycles. The molecule has 2 aromatic rings. The Morgan fingerprint density at radius 3 is 2.14 bits per heavy atom. The zero-order valence-electron chi connectivity index (χ0n) is 20.9. The van der Waals surface area contributed by atoms with Crippen LogP contribution in [0.1, 0.15) is 90.1 Å². The van der Waals surface area contributed by atoms with E-state index >= 15 is 0 Å². The third kappa shape index (κ3) is 4.22.